The van der Waals surface area contributed by atoms with Crippen LogP contribution in [0, 0.1) is 0 Å². The van der Waals surface area contributed by atoms with Crippen LogP contribution in [-0.2, 0) is 22.6 Å². The van der Waals surface area contributed by atoms with Crippen molar-refractivity contribution in [2.45, 2.75) is 19.1 Å². The molecule has 1 aromatic heterocycles. The smallest absolute Gasteiger partial charge is 0.408 e. The predicted octanol–water partition coefficient (Wildman–Crippen LogP) is 3.63. The summed E-state index contributed by atoms with van der Waals surface area (Å²) in [4.78, 5) is 31.7. The van der Waals surface area contributed by atoms with E-state index >= 15 is 0 Å². The maximum absolute atomic E-state index is 12.7. The maximum Gasteiger partial charge on any atom is 0.408 e. The van der Waals surface area contributed by atoms with E-state index < -0.39 is 18.0 Å². The second-order valence-electron chi connectivity index (χ2n) is 6.61. The summed E-state index contributed by atoms with van der Waals surface area (Å²) in [6.07, 6.45) is 3.89. The molecule has 4 N–H and O–H groups in total. The molecule has 0 saturated heterocycles. The number of amides is 2. The highest BCUT2D eigenvalue weighted by molar-refractivity contribution is 9.11. The first-order valence-electron chi connectivity index (χ1n) is 9.37. The van der Waals surface area contributed by atoms with Gasteiger partial charge in [0.15, 0.2) is 0 Å². The Morgan fingerprint density at radius 1 is 1.22 bits per heavy atom. The lowest BCUT2D eigenvalue weighted by atomic mass is 10.1. The molecule has 0 aliphatic heterocycles. The number of hydrogen-bond donors (Lipinski definition) is 4. The van der Waals surface area contributed by atoms with Gasteiger partial charge in [-0.3, -0.25) is 4.79 Å². The fraction of sp³-hybridized carbons (Fsp3) is 0.143. The fourth-order valence-electron chi connectivity index (χ4n) is 2.64. The van der Waals surface area contributed by atoms with Crippen molar-refractivity contribution in [3.63, 3.8) is 0 Å². The lowest BCUT2D eigenvalue weighted by Gasteiger charge is -2.16. The molecule has 1 atom stereocenters. The Balaban J connectivity index is 1.62. The van der Waals surface area contributed by atoms with E-state index in [-0.39, 0.29) is 18.8 Å². The van der Waals surface area contributed by atoms with Crippen LogP contribution < -0.4 is 10.7 Å². The summed E-state index contributed by atoms with van der Waals surface area (Å²) < 4.78 is 6.15. The number of rotatable bonds is 8. The standard InChI is InChI=1S/C21H19Br2N5O4/c22-16-6-14(7-17(23)19(16)29)9-26-28-20(30)18(8-15-10-24-12-25-15)27-21(31)32-11-13-4-2-1-3-5-13/h1-7,9-10,12,18,29H,8,11H2,(H,24,25)(H,27,31)(H,28,30)/b26-9-/t18-/m1/s1. The Hall–Kier alpha value is -3.18. The number of aromatic nitrogens is 2. The number of nitrogens with zero attached hydrogens (tertiary/aromatic N) is 2. The minimum Gasteiger partial charge on any atom is -0.506 e. The number of hydrazone groups is 1. The second kappa shape index (κ2) is 11.4. The van der Waals surface area contributed by atoms with Gasteiger partial charge in [-0.05, 0) is 55.1 Å². The molecule has 0 spiro atoms. The summed E-state index contributed by atoms with van der Waals surface area (Å²) in [5, 5.41) is 16.3. The van der Waals surface area contributed by atoms with E-state index in [2.05, 4.69) is 57.7 Å². The first-order chi connectivity index (χ1) is 15.4. The minimum atomic E-state index is -0.950. The number of H-pyrrole nitrogens is 1. The Morgan fingerprint density at radius 3 is 2.59 bits per heavy atom. The van der Waals surface area contributed by atoms with Crippen LogP contribution in [0.15, 0.2) is 69.0 Å². The summed E-state index contributed by atoms with van der Waals surface area (Å²) in [5.41, 5.74) is 4.52. The zero-order valence-electron chi connectivity index (χ0n) is 16.6. The zero-order valence-corrected chi connectivity index (χ0v) is 19.8. The molecule has 0 radical (unpaired) electrons. The first kappa shape index (κ1) is 23.5. The number of hydrogen-bond acceptors (Lipinski definition) is 6. The van der Waals surface area contributed by atoms with Gasteiger partial charge in [-0.25, -0.2) is 15.2 Å². The summed E-state index contributed by atoms with van der Waals surface area (Å²) in [5.74, 6) is -0.478. The molecule has 2 amide bonds. The highest BCUT2D eigenvalue weighted by Gasteiger charge is 2.22. The van der Waals surface area contributed by atoms with Gasteiger partial charge in [0.25, 0.3) is 5.91 Å². The summed E-state index contributed by atoms with van der Waals surface area (Å²) >= 11 is 6.47. The molecule has 0 aliphatic carbocycles. The summed E-state index contributed by atoms with van der Waals surface area (Å²) in [6, 6.07) is 11.5. The molecule has 9 nitrogen and oxygen atoms in total. The van der Waals surface area contributed by atoms with Gasteiger partial charge in [-0.15, -0.1) is 0 Å². The third-order valence-corrected chi connectivity index (χ3v) is 5.44. The Labute approximate surface area is 200 Å². The van der Waals surface area contributed by atoms with Crippen molar-refractivity contribution < 1.29 is 19.4 Å². The number of aromatic amines is 1. The average Bonchev–Trinajstić information content (AvgIpc) is 3.29. The van der Waals surface area contributed by atoms with E-state index in [9.17, 15) is 14.7 Å². The van der Waals surface area contributed by atoms with Crippen LogP contribution in [0.25, 0.3) is 0 Å². The van der Waals surface area contributed by atoms with Crippen LogP contribution >= 0.6 is 31.9 Å². The van der Waals surface area contributed by atoms with E-state index in [1.165, 1.54) is 12.5 Å². The van der Waals surface area contributed by atoms with Crippen molar-refractivity contribution >= 4 is 50.1 Å². The van der Waals surface area contributed by atoms with Crippen molar-refractivity contribution in [3.05, 3.63) is 80.8 Å². The van der Waals surface area contributed by atoms with Crippen LogP contribution in [0.1, 0.15) is 16.8 Å². The SMILES string of the molecule is O=C(N[C@H](Cc1cnc[nH]1)C(=O)N/N=C\c1cc(Br)c(O)c(Br)c1)OCc1ccccc1. The van der Waals surface area contributed by atoms with E-state index in [1.54, 1.807) is 18.3 Å². The molecule has 3 aromatic rings. The number of phenols is 1. The number of halogens is 2. The number of nitrogens with one attached hydrogen (secondary N) is 3. The molecule has 0 unspecified atom stereocenters. The lowest BCUT2D eigenvalue weighted by molar-refractivity contribution is -0.123. The summed E-state index contributed by atoms with van der Waals surface area (Å²) in [7, 11) is 0. The topological polar surface area (TPSA) is 129 Å². The molecule has 0 aliphatic rings. The molecule has 1 heterocycles. The van der Waals surface area contributed by atoms with E-state index in [4.69, 9.17) is 4.74 Å². The molecule has 0 fully saturated rings. The van der Waals surface area contributed by atoms with Gasteiger partial charge in [0, 0.05) is 18.3 Å². The quantitative estimate of drug-likeness (QED) is 0.245. The van der Waals surface area contributed by atoms with Gasteiger partial charge >= 0.3 is 6.09 Å². The number of ether oxygens (including phenoxy) is 1. The molecule has 32 heavy (non-hydrogen) atoms. The molecular formula is C21H19Br2N5O4. The third kappa shape index (κ3) is 6.92. The van der Waals surface area contributed by atoms with Crippen molar-refractivity contribution in [2.24, 2.45) is 5.10 Å². The third-order valence-electron chi connectivity index (χ3n) is 4.23. The van der Waals surface area contributed by atoms with Crippen LogP contribution in [0.3, 0.4) is 0 Å². The Kier molecular flexibility index (Phi) is 8.40. The Bertz CT molecular complexity index is 1070. The maximum atomic E-state index is 12.7. The van der Waals surface area contributed by atoms with Gasteiger partial charge in [-0.2, -0.15) is 5.10 Å². The Morgan fingerprint density at radius 2 is 1.94 bits per heavy atom. The number of imidazole rings is 1. The molecule has 11 heteroatoms. The highest BCUT2D eigenvalue weighted by atomic mass is 79.9. The van der Waals surface area contributed by atoms with Crippen LogP contribution in [-0.4, -0.2) is 39.3 Å². The van der Waals surface area contributed by atoms with Crippen molar-refractivity contribution in [2.75, 3.05) is 0 Å². The van der Waals surface area contributed by atoms with Crippen molar-refractivity contribution in [1.82, 2.24) is 20.7 Å². The largest absolute Gasteiger partial charge is 0.506 e. The van der Waals surface area contributed by atoms with Gasteiger partial charge in [0.05, 0.1) is 21.5 Å². The van der Waals surface area contributed by atoms with Crippen LogP contribution in [0.4, 0.5) is 4.79 Å². The molecular weight excluding hydrogens is 546 g/mol. The average molecular weight is 565 g/mol. The molecule has 0 bridgehead atoms. The normalized spacial score (nSPS) is 11.8. The molecule has 2 aromatic carbocycles. The fourth-order valence-corrected chi connectivity index (χ4v) is 3.86. The second-order valence-corrected chi connectivity index (χ2v) is 8.32. The van der Waals surface area contributed by atoms with Gasteiger partial charge in [-0.1, -0.05) is 30.3 Å². The lowest BCUT2D eigenvalue weighted by Crippen LogP contribution is -2.47. The summed E-state index contributed by atoms with van der Waals surface area (Å²) in [6.45, 7) is 0.0772. The van der Waals surface area contributed by atoms with Crippen molar-refractivity contribution in [1.29, 1.82) is 0 Å². The van der Waals surface area contributed by atoms with Crippen LogP contribution in [0.5, 0.6) is 5.75 Å². The predicted molar refractivity (Wildman–Crippen MR) is 125 cm³/mol. The first-order valence-corrected chi connectivity index (χ1v) is 11.0. The molecule has 3 rings (SSSR count). The number of benzene rings is 2. The number of phenolic OH excluding ortho intramolecular Hbond substituents is 1. The van der Waals surface area contributed by atoms with Gasteiger partial charge < -0.3 is 20.1 Å². The van der Waals surface area contributed by atoms with E-state index in [0.29, 0.717) is 20.2 Å². The van der Waals surface area contributed by atoms with Gasteiger partial charge in [0.2, 0.25) is 0 Å². The van der Waals surface area contributed by atoms with Crippen LogP contribution in [0.2, 0.25) is 0 Å². The number of carbonyl (C=O) groups is 2. The van der Waals surface area contributed by atoms with Crippen molar-refractivity contribution in [3.8, 4) is 5.75 Å². The number of alkyl carbamates (subject to hydrolysis) is 1. The number of carbonyl (C=O) groups excluding carboxylic acids is 2. The highest BCUT2D eigenvalue weighted by Crippen LogP contribution is 2.32. The van der Waals surface area contributed by atoms with E-state index in [0.717, 1.165) is 5.56 Å². The van der Waals surface area contributed by atoms with E-state index in [1.807, 2.05) is 30.3 Å². The molecule has 166 valence electrons. The minimum absolute atomic E-state index is 0.0593. The molecule has 0 saturated carbocycles. The van der Waals surface area contributed by atoms with Gasteiger partial charge in [0.1, 0.15) is 18.4 Å². The monoisotopic (exact) mass is 563 g/mol. The number of aromatic hydroxyl groups is 1. The zero-order chi connectivity index (χ0) is 22.9.